The van der Waals surface area contributed by atoms with E-state index in [4.69, 9.17) is 0 Å². The molecule has 1 aliphatic rings. The maximum absolute atomic E-state index is 12.4. The molecule has 5 nitrogen and oxygen atoms in total. The summed E-state index contributed by atoms with van der Waals surface area (Å²) in [5.41, 5.74) is 1.10. The molecule has 1 aromatic carbocycles. The van der Waals surface area contributed by atoms with Crippen LogP contribution in [0.4, 0.5) is 0 Å². The molecule has 1 aliphatic heterocycles. The molecule has 1 saturated heterocycles. The number of benzene rings is 1. The van der Waals surface area contributed by atoms with Crippen LogP contribution in [0.1, 0.15) is 56.9 Å². The summed E-state index contributed by atoms with van der Waals surface area (Å²) in [4.78, 5) is 25.4. The first-order valence-electron chi connectivity index (χ1n) is 10.4. The van der Waals surface area contributed by atoms with Crippen molar-refractivity contribution in [3.63, 3.8) is 0 Å². The molecule has 1 heterocycles. The van der Waals surface area contributed by atoms with Crippen molar-refractivity contribution >= 4 is 41.4 Å². The molecule has 155 valence electrons. The molecule has 1 unspecified atom stereocenters. The first-order chi connectivity index (χ1) is 13.6. The van der Waals surface area contributed by atoms with Crippen molar-refractivity contribution in [2.75, 3.05) is 13.7 Å². The molecule has 1 aromatic rings. The summed E-state index contributed by atoms with van der Waals surface area (Å²) in [6.45, 7) is 0.737. The number of esters is 1. The number of aliphatic hydroxyl groups excluding tert-OH is 1. The predicted octanol–water partition coefficient (Wildman–Crippen LogP) is 3.27. The van der Waals surface area contributed by atoms with Crippen LogP contribution in [0, 0.1) is 0 Å². The summed E-state index contributed by atoms with van der Waals surface area (Å²) in [5, 5.41) is 10.3. The monoisotopic (exact) mass is 410 g/mol. The Hall–Kier alpha value is -1.14. The van der Waals surface area contributed by atoms with E-state index in [0.717, 1.165) is 50.6 Å². The van der Waals surface area contributed by atoms with Crippen molar-refractivity contribution in [2.24, 2.45) is 0 Å². The van der Waals surface area contributed by atoms with E-state index >= 15 is 0 Å². The largest absolute Gasteiger partial charge is 0.469 e. The van der Waals surface area contributed by atoms with E-state index in [1.54, 1.807) is 0 Å². The van der Waals surface area contributed by atoms with Crippen molar-refractivity contribution in [3.8, 4) is 0 Å². The van der Waals surface area contributed by atoms with Crippen LogP contribution in [0.15, 0.2) is 42.5 Å². The third-order valence-corrected chi connectivity index (χ3v) is 5.21. The fourth-order valence-electron chi connectivity index (χ4n) is 3.62. The molecule has 0 saturated carbocycles. The Labute approximate surface area is 196 Å². The topological polar surface area (TPSA) is 66.8 Å². The van der Waals surface area contributed by atoms with Crippen LogP contribution < -0.4 is 0 Å². The second-order valence-corrected chi connectivity index (χ2v) is 7.43. The number of nitrogens with zero attached hydrogens (tertiary/aromatic N) is 1. The minimum atomic E-state index is -0.542. The van der Waals surface area contributed by atoms with E-state index in [1.807, 2.05) is 47.4 Å². The van der Waals surface area contributed by atoms with Gasteiger partial charge in [0.1, 0.15) is 0 Å². The van der Waals surface area contributed by atoms with Gasteiger partial charge in [-0.25, -0.2) is 0 Å². The van der Waals surface area contributed by atoms with Crippen molar-refractivity contribution in [2.45, 2.75) is 69.9 Å². The van der Waals surface area contributed by atoms with Gasteiger partial charge in [-0.05, 0) is 31.2 Å². The van der Waals surface area contributed by atoms with E-state index in [1.165, 1.54) is 7.11 Å². The Bertz CT molecular complexity index is 635. The number of methoxy groups -OCH3 is 1. The summed E-state index contributed by atoms with van der Waals surface area (Å²) in [6, 6.07) is 9.99. The first-order valence-corrected chi connectivity index (χ1v) is 10.4. The van der Waals surface area contributed by atoms with E-state index in [0.29, 0.717) is 19.3 Å². The SMILES string of the molecule is COC(=O)CCCCCCN1C(=O)CCC[C@@H]1/C=C/C(O)Cc1ccccc1.[Na]. The van der Waals surface area contributed by atoms with Gasteiger partial charge < -0.3 is 14.7 Å². The normalized spacial score (nSPS) is 17.8. The number of unbranched alkanes of at least 4 members (excludes halogenated alkanes) is 3. The molecule has 1 amide bonds. The maximum Gasteiger partial charge on any atom is 0.305 e. The van der Waals surface area contributed by atoms with Gasteiger partial charge in [0.2, 0.25) is 5.91 Å². The molecule has 2 rings (SSSR count). The fraction of sp³-hybridized carbons (Fsp3) is 0.565. The van der Waals surface area contributed by atoms with Gasteiger partial charge in [-0.15, -0.1) is 0 Å². The fourth-order valence-corrected chi connectivity index (χ4v) is 3.62. The quantitative estimate of drug-likeness (QED) is 0.263. The standard InChI is InChI=1S/C23H33NO4.Na/c1-28-23(27)14-7-2-3-8-17-24-20(12-9-13-22(24)26)15-16-21(25)18-19-10-5-4-6-11-19;/h4-6,10-11,15-16,20-21,25H,2-3,7-9,12-14,17-18H2,1H3;/b16-15+;/t20-,21?;/m1./s1. The number of aliphatic hydroxyl groups is 1. The van der Waals surface area contributed by atoms with Gasteiger partial charge in [-0.3, -0.25) is 9.59 Å². The zero-order valence-corrected chi connectivity index (χ0v) is 19.9. The number of amides is 1. The smallest absolute Gasteiger partial charge is 0.305 e. The number of carbonyl (C=O) groups excluding carboxylic acids is 2. The number of likely N-dealkylation sites (tertiary alicyclic amines) is 1. The molecule has 0 bridgehead atoms. The van der Waals surface area contributed by atoms with Crippen LogP contribution in [0.5, 0.6) is 0 Å². The van der Waals surface area contributed by atoms with Crippen molar-refractivity contribution in [3.05, 3.63) is 48.0 Å². The summed E-state index contributed by atoms with van der Waals surface area (Å²) in [5.74, 6) is 0.0403. The second-order valence-electron chi connectivity index (χ2n) is 7.43. The Morgan fingerprint density at radius 3 is 2.69 bits per heavy atom. The minimum absolute atomic E-state index is 0. The molecule has 1 N–H and O–H groups in total. The third kappa shape index (κ3) is 9.94. The average Bonchev–Trinajstić information content (AvgIpc) is 2.70. The molecule has 29 heavy (non-hydrogen) atoms. The Morgan fingerprint density at radius 1 is 1.24 bits per heavy atom. The van der Waals surface area contributed by atoms with E-state index in [2.05, 4.69) is 4.74 Å². The summed E-state index contributed by atoms with van der Waals surface area (Å²) in [7, 11) is 1.41. The van der Waals surface area contributed by atoms with Gasteiger partial charge in [0.05, 0.1) is 19.3 Å². The number of hydrogen-bond donors (Lipinski definition) is 1. The second kappa shape index (κ2) is 14.8. The molecular weight excluding hydrogens is 377 g/mol. The minimum Gasteiger partial charge on any atom is -0.469 e. The number of rotatable bonds is 11. The average molecular weight is 411 g/mol. The van der Waals surface area contributed by atoms with Crippen LogP contribution in [0.25, 0.3) is 0 Å². The van der Waals surface area contributed by atoms with Gasteiger partial charge in [0.15, 0.2) is 0 Å². The summed E-state index contributed by atoms with van der Waals surface area (Å²) < 4.78 is 4.64. The van der Waals surface area contributed by atoms with Crippen LogP contribution in [0.2, 0.25) is 0 Å². The number of piperidine rings is 1. The zero-order valence-electron chi connectivity index (χ0n) is 17.9. The van der Waals surface area contributed by atoms with Crippen molar-refractivity contribution in [1.82, 2.24) is 4.90 Å². The molecule has 0 aliphatic carbocycles. The van der Waals surface area contributed by atoms with E-state index in [-0.39, 0.29) is 47.5 Å². The number of carbonyl (C=O) groups is 2. The molecular formula is C23H33NNaO4. The van der Waals surface area contributed by atoms with Crippen LogP contribution in [-0.2, 0) is 20.7 Å². The molecule has 0 aromatic heterocycles. The van der Waals surface area contributed by atoms with Crippen molar-refractivity contribution < 1.29 is 19.4 Å². The van der Waals surface area contributed by atoms with Crippen LogP contribution >= 0.6 is 0 Å². The first kappa shape index (κ1) is 25.9. The molecule has 1 radical (unpaired) electrons. The van der Waals surface area contributed by atoms with Crippen molar-refractivity contribution in [1.29, 1.82) is 0 Å². The van der Waals surface area contributed by atoms with E-state index < -0.39 is 6.10 Å². The molecule has 1 fully saturated rings. The van der Waals surface area contributed by atoms with Gasteiger partial charge in [-0.1, -0.05) is 55.3 Å². The van der Waals surface area contributed by atoms with Crippen LogP contribution in [0.3, 0.4) is 0 Å². The molecule has 0 spiro atoms. The Morgan fingerprint density at radius 2 is 1.97 bits per heavy atom. The van der Waals surface area contributed by atoms with Gasteiger partial charge in [0.25, 0.3) is 0 Å². The van der Waals surface area contributed by atoms with Gasteiger partial charge in [0, 0.05) is 55.4 Å². The maximum atomic E-state index is 12.4. The van der Waals surface area contributed by atoms with Crippen LogP contribution in [-0.4, -0.2) is 77.2 Å². The Kier molecular flexibility index (Phi) is 13.2. The number of ether oxygens (including phenoxy) is 1. The molecule has 6 heteroatoms. The van der Waals surface area contributed by atoms with Gasteiger partial charge >= 0.3 is 5.97 Å². The Balaban J connectivity index is 0.00000420. The van der Waals surface area contributed by atoms with E-state index in [9.17, 15) is 14.7 Å². The number of hydrogen-bond acceptors (Lipinski definition) is 4. The molecule has 2 atom stereocenters. The third-order valence-electron chi connectivity index (χ3n) is 5.21. The van der Waals surface area contributed by atoms with Gasteiger partial charge in [-0.2, -0.15) is 0 Å². The zero-order chi connectivity index (χ0) is 20.2. The summed E-state index contributed by atoms with van der Waals surface area (Å²) in [6.07, 6.45) is 10.5. The summed E-state index contributed by atoms with van der Waals surface area (Å²) >= 11 is 0. The predicted molar refractivity (Wildman–Crippen MR) is 115 cm³/mol.